The Bertz CT molecular complexity index is 983. The van der Waals surface area contributed by atoms with Crippen LogP contribution in [0.4, 0.5) is 0 Å². The summed E-state index contributed by atoms with van der Waals surface area (Å²) >= 11 is 0. The zero-order valence-corrected chi connectivity index (χ0v) is 15.4. The van der Waals surface area contributed by atoms with Gasteiger partial charge in [0.1, 0.15) is 0 Å². The Labute approximate surface area is 151 Å². The zero-order valence-electron chi connectivity index (χ0n) is 15.4. The average molecular weight is 353 g/mol. The van der Waals surface area contributed by atoms with Gasteiger partial charge < -0.3 is 14.5 Å². The summed E-state index contributed by atoms with van der Waals surface area (Å²) in [5, 5.41) is 3.60. The van der Waals surface area contributed by atoms with Crippen molar-refractivity contribution >= 4 is 16.8 Å². The van der Waals surface area contributed by atoms with E-state index in [9.17, 15) is 9.59 Å². The van der Waals surface area contributed by atoms with Crippen LogP contribution in [-0.2, 0) is 13.6 Å². The summed E-state index contributed by atoms with van der Waals surface area (Å²) in [5.74, 6) is -0.186. The maximum Gasteiger partial charge on any atom is 0.260 e. The first kappa shape index (κ1) is 17.8. The van der Waals surface area contributed by atoms with Gasteiger partial charge >= 0.3 is 0 Å². The molecule has 26 heavy (non-hydrogen) atoms. The minimum atomic E-state index is -0.186. The molecule has 0 unspecified atom stereocenters. The summed E-state index contributed by atoms with van der Waals surface area (Å²) in [4.78, 5) is 33.2. The molecule has 7 nitrogen and oxygen atoms in total. The van der Waals surface area contributed by atoms with Gasteiger partial charge in [0, 0.05) is 31.5 Å². The Morgan fingerprint density at radius 2 is 2.04 bits per heavy atom. The van der Waals surface area contributed by atoms with Crippen LogP contribution in [0.5, 0.6) is 0 Å². The molecule has 0 saturated carbocycles. The summed E-state index contributed by atoms with van der Waals surface area (Å²) in [6, 6.07) is 4.89. The second-order valence-electron chi connectivity index (χ2n) is 7.54. The quantitative estimate of drug-likeness (QED) is 0.777. The SMILES string of the molecule is Cn1cnc2cc(C(=O)N[C@@H](Cn3ccnc3)C(C)(C)C)ccc2c1=O. The Morgan fingerprint density at radius 1 is 1.27 bits per heavy atom. The maximum atomic E-state index is 12.8. The number of fused-ring (bicyclic) bond motifs is 1. The smallest absolute Gasteiger partial charge is 0.260 e. The fourth-order valence-corrected chi connectivity index (χ4v) is 2.73. The number of carbonyl (C=O) groups is 1. The monoisotopic (exact) mass is 353 g/mol. The van der Waals surface area contributed by atoms with Crippen LogP contribution in [0.2, 0.25) is 0 Å². The number of nitrogens with zero attached hydrogens (tertiary/aromatic N) is 4. The third kappa shape index (κ3) is 3.66. The molecular formula is C19H23N5O2. The molecule has 0 fully saturated rings. The van der Waals surface area contributed by atoms with E-state index >= 15 is 0 Å². The number of nitrogens with one attached hydrogen (secondary N) is 1. The highest BCUT2D eigenvalue weighted by molar-refractivity contribution is 5.97. The maximum absolute atomic E-state index is 12.8. The first-order chi connectivity index (χ1) is 12.3. The van der Waals surface area contributed by atoms with Gasteiger partial charge in [0.25, 0.3) is 11.5 Å². The molecule has 0 aliphatic carbocycles. The third-order valence-electron chi connectivity index (χ3n) is 4.48. The number of imidazole rings is 1. The molecular weight excluding hydrogens is 330 g/mol. The van der Waals surface area contributed by atoms with E-state index in [1.54, 1.807) is 37.8 Å². The van der Waals surface area contributed by atoms with Crippen LogP contribution in [0.25, 0.3) is 10.9 Å². The molecule has 0 radical (unpaired) electrons. The van der Waals surface area contributed by atoms with E-state index in [0.29, 0.717) is 23.0 Å². The Balaban J connectivity index is 1.86. The topological polar surface area (TPSA) is 81.8 Å². The predicted molar refractivity (Wildman–Crippen MR) is 99.9 cm³/mol. The Kier molecular flexibility index (Phi) is 4.63. The summed E-state index contributed by atoms with van der Waals surface area (Å²) in [6.45, 7) is 6.88. The molecule has 2 heterocycles. The summed E-state index contributed by atoms with van der Waals surface area (Å²) < 4.78 is 3.37. The van der Waals surface area contributed by atoms with E-state index in [4.69, 9.17) is 0 Å². The number of hydrogen-bond donors (Lipinski definition) is 1. The Morgan fingerprint density at radius 3 is 2.69 bits per heavy atom. The van der Waals surface area contributed by atoms with E-state index in [0.717, 1.165) is 0 Å². The minimum Gasteiger partial charge on any atom is -0.347 e. The molecule has 0 aliphatic heterocycles. The molecule has 1 N–H and O–H groups in total. The number of carbonyl (C=O) groups excluding carboxylic acids is 1. The lowest BCUT2D eigenvalue weighted by molar-refractivity contribution is 0.0892. The molecule has 0 spiro atoms. The van der Waals surface area contributed by atoms with Crippen LogP contribution in [0.3, 0.4) is 0 Å². The summed E-state index contributed by atoms with van der Waals surface area (Å²) in [7, 11) is 1.65. The zero-order chi connectivity index (χ0) is 18.9. The lowest BCUT2D eigenvalue weighted by Gasteiger charge is -2.31. The van der Waals surface area contributed by atoms with Crippen molar-refractivity contribution in [3.63, 3.8) is 0 Å². The standard InChI is InChI=1S/C19H23N5O2/c1-19(2,3)16(10-24-8-7-20-11-24)22-17(25)13-5-6-14-15(9-13)21-12-23(4)18(14)26/h5-9,11-12,16H,10H2,1-4H3,(H,22,25)/t16-/m0/s1. The van der Waals surface area contributed by atoms with E-state index in [2.05, 4.69) is 36.1 Å². The lowest BCUT2D eigenvalue weighted by Crippen LogP contribution is -2.46. The van der Waals surface area contributed by atoms with Gasteiger partial charge in [-0.25, -0.2) is 9.97 Å². The third-order valence-corrected chi connectivity index (χ3v) is 4.48. The normalized spacial score (nSPS) is 12.9. The fraction of sp³-hybridized carbons (Fsp3) is 0.368. The highest BCUT2D eigenvalue weighted by atomic mass is 16.1. The van der Waals surface area contributed by atoms with Crippen molar-refractivity contribution in [2.45, 2.75) is 33.4 Å². The van der Waals surface area contributed by atoms with Crippen molar-refractivity contribution in [3.8, 4) is 0 Å². The minimum absolute atomic E-state index is 0.0866. The van der Waals surface area contributed by atoms with Gasteiger partial charge in [-0.3, -0.25) is 9.59 Å². The lowest BCUT2D eigenvalue weighted by atomic mass is 9.86. The van der Waals surface area contributed by atoms with Gasteiger partial charge in [-0.2, -0.15) is 0 Å². The molecule has 136 valence electrons. The van der Waals surface area contributed by atoms with Crippen LogP contribution < -0.4 is 10.9 Å². The number of aryl methyl sites for hydroxylation is 1. The van der Waals surface area contributed by atoms with Crippen molar-refractivity contribution in [2.24, 2.45) is 12.5 Å². The number of rotatable bonds is 4. The fourth-order valence-electron chi connectivity index (χ4n) is 2.73. The van der Waals surface area contributed by atoms with Crippen molar-refractivity contribution in [1.82, 2.24) is 24.4 Å². The second kappa shape index (κ2) is 6.74. The van der Waals surface area contributed by atoms with Gasteiger partial charge in [-0.05, 0) is 23.6 Å². The number of hydrogen-bond acceptors (Lipinski definition) is 4. The number of amides is 1. The molecule has 1 amide bonds. The molecule has 0 aliphatic rings. The van der Waals surface area contributed by atoms with Crippen molar-refractivity contribution in [1.29, 1.82) is 0 Å². The van der Waals surface area contributed by atoms with Gasteiger partial charge in [-0.1, -0.05) is 20.8 Å². The van der Waals surface area contributed by atoms with Crippen LogP contribution in [0, 0.1) is 5.41 Å². The van der Waals surface area contributed by atoms with Crippen LogP contribution >= 0.6 is 0 Å². The van der Waals surface area contributed by atoms with E-state index in [1.807, 2.05) is 10.8 Å². The average Bonchev–Trinajstić information content (AvgIpc) is 3.09. The first-order valence-corrected chi connectivity index (χ1v) is 8.48. The Hall–Kier alpha value is -2.96. The number of aromatic nitrogens is 4. The van der Waals surface area contributed by atoms with Crippen LogP contribution in [-0.4, -0.2) is 31.1 Å². The van der Waals surface area contributed by atoms with Gasteiger partial charge in [-0.15, -0.1) is 0 Å². The van der Waals surface area contributed by atoms with E-state index in [-0.39, 0.29) is 22.9 Å². The van der Waals surface area contributed by atoms with Crippen LogP contribution in [0.15, 0.2) is 48.0 Å². The van der Waals surface area contributed by atoms with E-state index < -0.39 is 0 Å². The summed E-state index contributed by atoms with van der Waals surface area (Å²) in [5.41, 5.74) is 0.737. The predicted octanol–water partition coefficient (Wildman–Crippen LogP) is 1.97. The highest BCUT2D eigenvalue weighted by Crippen LogP contribution is 2.21. The van der Waals surface area contributed by atoms with Gasteiger partial charge in [0.2, 0.25) is 0 Å². The molecule has 7 heteroatoms. The van der Waals surface area contributed by atoms with E-state index in [1.165, 1.54) is 10.9 Å². The number of benzene rings is 1. The molecule has 3 rings (SSSR count). The highest BCUT2D eigenvalue weighted by Gasteiger charge is 2.27. The molecule has 1 aromatic carbocycles. The summed E-state index contributed by atoms with van der Waals surface area (Å²) in [6.07, 6.45) is 6.79. The van der Waals surface area contributed by atoms with Crippen LogP contribution in [0.1, 0.15) is 31.1 Å². The molecule has 2 aromatic heterocycles. The van der Waals surface area contributed by atoms with Crippen molar-refractivity contribution < 1.29 is 4.79 Å². The molecule has 0 bridgehead atoms. The van der Waals surface area contributed by atoms with Gasteiger partial charge in [0.15, 0.2) is 0 Å². The molecule has 3 aromatic rings. The largest absolute Gasteiger partial charge is 0.347 e. The molecule has 0 saturated heterocycles. The first-order valence-electron chi connectivity index (χ1n) is 8.48. The van der Waals surface area contributed by atoms with Crippen molar-refractivity contribution in [2.75, 3.05) is 0 Å². The van der Waals surface area contributed by atoms with Gasteiger partial charge in [0.05, 0.1) is 29.6 Å². The second-order valence-corrected chi connectivity index (χ2v) is 7.54. The molecule has 1 atom stereocenters. The van der Waals surface area contributed by atoms with Crippen molar-refractivity contribution in [3.05, 3.63) is 59.2 Å².